The van der Waals surface area contributed by atoms with E-state index in [1.54, 1.807) is 0 Å². The van der Waals surface area contributed by atoms with Gasteiger partial charge in [0, 0.05) is 6.42 Å². The lowest BCUT2D eigenvalue weighted by Crippen LogP contribution is -2.51. The van der Waals surface area contributed by atoms with Crippen molar-refractivity contribution in [2.75, 3.05) is 0 Å². The largest absolute Gasteiger partial charge is 0.535 e. The molecule has 0 saturated heterocycles. The molecule has 0 aromatic heterocycles. The number of benzene rings is 1. The van der Waals surface area contributed by atoms with Crippen LogP contribution in [0, 0.1) is 46.3 Å². The Balaban J connectivity index is 1.14. The Morgan fingerprint density at radius 2 is 1.73 bits per heavy atom. The molecule has 3 saturated carbocycles. The van der Waals surface area contributed by atoms with E-state index in [0.717, 1.165) is 66.8 Å². The van der Waals surface area contributed by atoms with Crippen molar-refractivity contribution in [3.05, 3.63) is 47.0 Å². The van der Waals surface area contributed by atoms with Crippen molar-refractivity contribution in [3.63, 3.8) is 0 Å². The molecule has 5 rings (SSSR count). The third kappa shape index (κ3) is 7.57. The van der Waals surface area contributed by atoms with Gasteiger partial charge in [-0.15, -0.1) is 0 Å². The first-order chi connectivity index (χ1) is 21.5. The molecule has 250 valence electrons. The number of rotatable bonds is 12. The molecule has 0 bridgehead atoms. The Labute approximate surface area is 275 Å². The van der Waals surface area contributed by atoms with Gasteiger partial charge in [-0.05, 0) is 122 Å². The molecule has 4 nitrogen and oxygen atoms in total. The zero-order valence-corrected chi connectivity index (χ0v) is 29.7. The van der Waals surface area contributed by atoms with Gasteiger partial charge in [-0.25, -0.2) is 4.79 Å². The van der Waals surface area contributed by atoms with Crippen molar-refractivity contribution >= 4 is 11.9 Å². The van der Waals surface area contributed by atoms with Crippen LogP contribution in [-0.2, 0) is 16.0 Å². The molecule has 4 heteroatoms. The van der Waals surface area contributed by atoms with Crippen molar-refractivity contribution in [2.45, 2.75) is 151 Å². The molecule has 0 aliphatic heterocycles. The summed E-state index contributed by atoms with van der Waals surface area (Å²) in [7, 11) is 0. The number of hydrogen-bond acceptors (Lipinski definition) is 4. The van der Waals surface area contributed by atoms with Crippen LogP contribution in [0.5, 0.6) is 0 Å². The van der Waals surface area contributed by atoms with Crippen LogP contribution in [0.3, 0.4) is 0 Å². The first kappa shape index (κ1) is 34.2. The molecule has 8 atom stereocenters. The number of carbonyl (C=O) groups excluding carboxylic acids is 1. The minimum absolute atomic E-state index is 0.123. The molecule has 1 aromatic rings. The third-order valence-corrected chi connectivity index (χ3v) is 13.2. The lowest BCUT2D eigenvalue weighted by atomic mass is 9.47. The zero-order chi connectivity index (χ0) is 32.2. The fraction of sp³-hybridized carbons (Fsp3) is 0.756. The highest BCUT2D eigenvalue weighted by Gasteiger charge is 2.59. The highest BCUT2D eigenvalue weighted by atomic mass is 16.8. The Hall–Kier alpha value is -2.10. The molecule has 1 aromatic carbocycles. The molecule has 0 spiro atoms. The van der Waals surface area contributed by atoms with Crippen LogP contribution >= 0.6 is 0 Å². The first-order valence-corrected chi connectivity index (χ1v) is 18.8. The minimum atomic E-state index is -0.679. The van der Waals surface area contributed by atoms with Crippen LogP contribution in [0.1, 0.15) is 149 Å². The summed E-state index contributed by atoms with van der Waals surface area (Å²) in [6.45, 7) is 16.6. The monoisotopic (exact) mass is 617 g/mol. The highest BCUT2D eigenvalue weighted by Crippen LogP contribution is 2.67. The van der Waals surface area contributed by atoms with E-state index in [4.69, 9.17) is 9.57 Å². The summed E-state index contributed by atoms with van der Waals surface area (Å²) in [5.74, 6) is 5.01. The fourth-order valence-corrected chi connectivity index (χ4v) is 10.6. The maximum absolute atomic E-state index is 12.7. The van der Waals surface area contributed by atoms with Gasteiger partial charge in [0.15, 0.2) is 0 Å². The van der Waals surface area contributed by atoms with Crippen molar-refractivity contribution in [2.24, 2.45) is 51.5 Å². The SMILES string of the molecule is CCCCCc1ccc(/C(C)=N\OC(=O)O[C@H]2CC[C@@]3(C)C(=CC[C@@H]4[C@H]5CC[C@@H]([C@@H](C)CCCC(C)C)[C@@]5(C)CC[C@H]43)C2)cc1. The first-order valence-electron chi connectivity index (χ1n) is 18.8. The number of carbonyl (C=O) groups is 1. The van der Waals surface area contributed by atoms with Crippen molar-refractivity contribution in [1.82, 2.24) is 0 Å². The van der Waals surface area contributed by atoms with Gasteiger partial charge in [0.1, 0.15) is 6.10 Å². The number of allylic oxidation sites excluding steroid dienone is 1. The fourth-order valence-electron chi connectivity index (χ4n) is 10.6. The average Bonchev–Trinajstić information content (AvgIpc) is 3.37. The molecule has 0 unspecified atom stereocenters. The van der Waals surface area contributed by atoms with E-state index in [2.05, 4.69) is 77.0 Å². The van der Waals surface area contributed by atoms with Crippen LogP contribution in [-0.4, -0.2) is 18.0 Å². The molecular formula is C41H63NO3. The molecule has 0 N–H and O–H groups in total. The van der Waals surface area contributed by atoms with Crippen molar-refractivity contribution in [3.8, 4) is 0 Å². The average molecular weight is 618 g/mol. The van der Waals surface area contributed by atoms with Crippen LogP contribution < -0.4 is 0 Å². The highest BCUT2D eigenvalue weighted by molar-refractivity contribution is 5.98. The van der Waals surface area contributed by atoms with E-state index in [-0.39, 0.29) is 11.5 Å². The van der Waals surface area contributed by atoms with Crippen LogP contribution in [0.2, 0.25) is 0 Å². The Morgan fingerprint density at radius 3 is 2.47 bits per heavy atom. The topological polar surface area (TPSA) is 47.9 Å². The number of oxime groups is 1. The smallest absolute Gasteiger partial charge is 0.429 e. The van der Waals surface area contributed by atoms with E-state index in [1.165, 1.54) is 81.8 Å². The van der Waals surface area contributed by atoms with E-state index < -0.39 is 6.16 Å². The van der Waals surface area contributed by atoms with E-state index in [0.29, 0.717) is 11.1 Å². The molecule has 45 heavy (non-hydrogen) atoms. The minimum Gasteiger partial charge on any atom is -0.429 e. The molecule has 4 aliphatic rings. The summed E-state index contributed by atoms with van der Waals surface area (Å²) >= 11 is 0. The summed E-state index contributed by atoms with van der Waals surface area (Å²) in [5, 5.41) is 4.12. The summed E-state index contributed by atoms with van der Waals surface area (Å²) in [6, 6.07) is 8.43. The van der Waals surface area contributed by atoms with Gasteiger partial charge in [-0.2, -0.15) is 0 Å². The van der Waals surface area contributed by atoms with E-state index >= 15 is 0 Å². The molecule has 3 fully saturated rings. The molecular weight excluding hydrogens is 554 g/mol. The van der Waals surface area contributed by atoms with Gasteiger partial charge in [-0.3, -0.25) is 4.84 Å². The molecule has 0 heterocycles. The lowest BCUT2D eigenvalue weighted by molar-refractivity contribution is -0.0616. The van der Waals surface area contributed by atoms with Crippen molar-refractivity contribution < 1.29 is 14.4 Å². The van der Waals surface area contributed by atoms with Gasteiger partial charge in [0.05, 0.1) is 5.71 Å². The maximum atomic E-state index is 12.7. The lowest BCUT2D eigenvalue weighted by Gasteiger charge is -2.58. The Morgan fingerprint density at radius 1 is 0.956 bits per heavy atom. The van der Waals surface area contributed by atoms with Crippen LogP contribution in [0.4, 0.5) is 4.79 Å². The number of nitrogens with zero attached hydrogens (tertiary/aromatic N) is 1. The second-order valence-electron chi connectivity index (χ2n) is 16.4. The van der Waals surface area contributed by atoms with Crippen LogP contribution in [0.25, 0.3) is 0 Å². The molecule has 0 amide bonds. The van der Waals surface area contributed by atoms with Gasteiger partial charge < -0.3 is 4.74 Å². The maximum Gasteiger partial charge on any atom is 0.535 e. The third-order valence-electron chi connectivity index (χ3n) is 13.2. The van der Waals surface area contributed by atoms with Gasteiger partial charge in [-0.1, -0.05) is 115 Å². The molecule has 0 radical (unpaired) electrons. The Kier molecular flexibility index (Phi) is 11.2. The number of unbranched alkanes of at least 4 members (excludes halogenated alkanes) is 2. The zero-order valence-electron chi connectivity index (χ0n) is 29.7. The summed E-state index contributed by atoms with van der Waals surface area (Å²) < 4.78 is 5.85. The summed E-state index contributed by atoms with van der Waals surface area (Å²) in [5.41, 5.74) is 5.28. The van der Waals surface area contributed by atoms with E-state index in [1.807, 2.05) is 6.92 Å². The summed E-state index contributed by atoms with van der Waals surface area (Å²) in [6.07, 6.45) is 20.4. The van der Waals surface area contributed by atoms with Crippen LogP contribution in [0.15, 0.2) is 41.1 Å². The second-order valence-corrected chi connectivity index (χ2v) is 16.4. The number of aryl methyl sites for hydroxylation is 1. The predicted octanol–water partition coefficient (Wildman–Crippen LogP) is 11.7. The van der Waals surface area contributed by atoms with E-state index in [9.17, 15) is 4.79 Å². The summed E-state index contributed by atoms with van der Waals surface area (Å²) in [4.78, 5) is 17.9. The second kappa shape index (κ2) is 14.8. The predicted molar refractivity (Wildman–Crippen MR) is 186 cm³/mol. The molecule has 4 aliphatic carbocycles. The Bertz CT molecular complexity index is 1200. The van der Waals surface area contributed by atoms with Crippen molar-refractivity contribution in [1.29, 1.82) is 0 Å². The van der Waals surface area contributed by atoms with Gasteiger partial charge in [0.2, 0.25) is 0 Å². The van der Waals surface area contributed by atoms with Gasteiger partial charge >= 0.3 is 6.16 Å². The number of ether oxygens (including phenoxy) is 1. The normalized spacial score (nSPS) is 33.6. The number of hydrogen-bond donors (Lipinski definition) is 0. The standard InChI is InChI=1S/C41H63NO3/c1-8-9-10-14-31-15-17-32(18-16-31)30(5)42-45-39(43)44-34-23-25-40(6)33(27-34)19-20-35-37-22-21-36(29(4)13-11-12-28(2)3)41(37,7)26-24-38(35)40/h15-19,28-29,34-38H,8-14,20-27H2,1-7H3/b42-30-/t29-,34-,35+,36-,37+,38+,40-,41+/m0/s1. The van der Waals surface area contributed by atoms with Gasteiger partial charge in [0.25, 0.3) is 0 Å². The number of fused-ring (bicyclic) bond motifs is 5. The quantitative estimate of drug-likeness (QED) is 0.0585.